The van der Waals surface area contributed by atoms with Gasteiger partial charge in [-0.15, -0.1) is 0 Å². The van der Waals surface area contributed by atoms with Crippen molar-refractivity contribution in [1.29, 1.82) is 0 Å². The molecular formula is C23H26N2O2. The highest BCUT2D eigenvalue weighted by molar-refractivity contribution is 6.18. The van der Waals surface area contributed by atoms with Gasteiger partial charge in [-0.2, -0.15) is 0 Å². The summed E-state index contributed by atoms with van der Waals surface area (Å²) >= 11 is 0. The Morgan fingerprint density at radius 1 is 1.04 bits per heavy atom. The molecule has 1 N–H and O–H groups in total. The molecule has 4 heteroatoms. The zero-order valence-corrected chi connectivity index (χ0v) is 16.3. The van der Waals surface area contributed by atoms with E-state index >= 15 is 0 Å². The molecule has 0 saturated heterocycles. The van der Waals surface area contributed by atoms with Crippen molar-refractivity contribution in [3.05, 3.63) is 58.7 Å². The minimum Gasteiger partial charge on any atom is -0.325 e. The lowest BCUT2D eigenvalue weighted by molar-refractivity contribution is -0.132. The van der Waals surface area contributed by atoms with Crippen LogP contribution in [-0.2, 0) is 16.0 Å². The van der Waals surface area contributed by atoms with Crippen molar-refractivity contribution in [1.82, 2.24) is 0 Å². The summed E-state index contributed by atoms with van der Waals surface area (Å²) in [5.41, 5.74) is 5.33. The molecule has 140 valence electrons. The maximum Gasteiger partial charge on any atom is 0.242 e. The SMILES string of the molecule is Cc1cc(C)c(NC(=O)C2(C(=O)N3CCCc4ccccc43)CC2)c(C)c1. The maximum absolute atomic E-state index is 13.4. The van der Waals surface area contributed by atoms with E-state index in [1.54, 1.807) is 0 Å². The second-order valence-electron chi connectivity index (χ2n) is 8.00. The highest BCUT2D eigenvalue weighted by Gasteiger charge is 2.58. The van der Waals surface area contributed by atoms with Crippen LogP contribution >= 0.6 is 0 Å². The number of para-hydroxylation sites is 1. The number of aryl methyl sites for hydroxylation is 4. The summed E-state index contributed by atoms with van der Waals surface area (Å²) in [6.45, 7) is 6.73. The molecule has 0 spiro atoms. The van der Waals surface area contributed by atoms with Gasteiger partial charge in [0.15, 0.2) is 0 Å². The van der Waals surface area contributed by atoms with E-state index in [1.807, 2.05) is 43.9 Å². The van der Waals surface area contributed by atoms with Crippen LogP contribution in [0.1, 0.15) is 41.5 Å². The number of carbonyl (C=O) groups excluding carboxylic acids is 2. The smallest absolute Gasteiger partial charge is 0.242 e. The number of fused-ring (bicyclic) bond motifs is 1. The van der Waals surface area contributed by atoms with E-state index in [0.29, 0.717) is 19.4 Å². The first-order valence-corrected chi connectivity index (χ1v) is 9.71. The van der Waals surface area contributed by atoms with Gasteiger partial charge in [0.25, 0.3) is 0 Å². The van der Waals surface area contributed by atoms with Gasteiger partial charge in [0.05, 0.1) is 0 Å². The number of anilines is 2. The van der Waals surface area contributed by atoms with Crippen molar-refractivity contribution in [2.75, 3.05) is 16.8 Å². The summed E-state index contributed by atoms with van der Waals surface area (Å²) in [6, 6.07) is 12.2. The Balaban J connectivity index is 1.60. The van der Waals surface area contributed by atoms with Crippen LogP contribution in [0.15, 0.2) is 36.4 Å². The highest BCUT2D eigenvalue weighted by atomic mass is 16.2. The molecule has 0 bridgehead atoms. The summed E-state index contributed by atoms with van der Waals surface area (Å²) in [4.78, 5) is 28.3. The fourth-order valence-electron chi connectivity index (χ4n) is 4.28. The van der Waals surface area contributed by atoms with Crippen LogP contribution in [0, 0.1) is 26.2 Å². The van der Waals surface area contributed by atoms with Gasteiger partial charge in [-0.05, 0) is 69.2 Å². The average Bonchev–Trinajstić information content (AvgIpc) is 3.45. The molecule has 0 unspecified atom stereocenters. The van der Waals surface area contributed by atoms with E-state index in [2.05, 4.69) is 23.5 Å². The third kappa shape index (κ3) is 3.03. The summed E-state index contributed by atoms with van der Waals surface area (Å²) in [5, 5.41) is 3.07. The van der Waals surface area contributed by atoms with Crippen LogP contribution in [0.4, 0.5) is 11.4 Å². The lowest BCUT2D eigenvalue weighted by Crippen LogP contribution is -2.45. The molecule has 1 heterocycles. The van der Waals surface area contributed by atoms with E-state index < -0.39 is 5.41 Å². The average molecular weight is 362 g/mol. The third-order valence-corrected chi connectivity index (χ3v) is 5.86. The number of hydrogen-bond donors (Lipinski definition) is 1. The predicted molar refractivity (Wildman–Crippen MR) is 108 cm³/mol. The van der Waals surface area contributed by atoms with E-state index in [1.165, 1.54) is 11.1 Å². The first-order chi connectivity index (χ1) is 12.9. The van der Waals surface area contributed by atoms with Crippen LogP contribution in [0.25, 0.3) is 0 Å². The summed E-state index contributed by atoms with van der Waals surface area (Å²) in [6.07, 6.45) is 3.18. The molecule has 1 aliphatic heterocycles. The quantitative estimate of drug-likeness (QED) is 0.827. The number of nitrogens with zero attached hydrogens (tertiary/aromatic N) is 1. The summed E-state index contributed by atoms with van der Waals surface area (Å²) in [5.74, 6) is -0.208. The van der Waals surface area contributed by atoms with Crippen molar-refractivity contribution >= 4 is 23.2 Å². The van der Waals surface area contributed by atoms with E-state index in [0.717, 1.165) is 35.3 Å². The number of nitrogens with one attached hydrogen (secondary N) is 1. The van der Waals surface area contributed by atoms with Gasteiger partial charge in [-0.1, -0.05) is 35.9 Å². The van der Waals surface area contributed by atoms with Gasteiger partial charge in [-0.3, -0.25) is 9.59 Å². The minimum atomic E-state index is -0.909. The fourth-order valence-corrected chi connectivity index (χ4v) is 4.28. The van der Waals surface area contributed by atoms with Gasteiger partial charge in [0, 0.05) is 17.9 Å². The lowest BCUT2D eigenvalue weighted by Gasteiger charge is -2.32. The molecule has 27 heavy (non-hydrogen) atoms. The molecular weight excluding hydrogens is 336 g/mol. The van der Waals surface area contributed by atoms with Gasteiger partial charge in [-0.25, -0.2) is 0 Å². The van der Waals surface area contributed by atoms with E-state index in [9.17, 15) is 9.59 Å². The Hall–Kier alpha value is -2.62. The first-order valence-electron chi connectivity index (χ1n) is 9.71. The standard InChI is InChI=1S/C23H26N2O2/c1-15-13-16(2)20(17(3)14-15)24-21(26)23(10-11-23)22(27)25-12-6-8-18-7-4-5-9-19(18)25/h4-5,7,9,13-14H,6,8,10-12H2,1-3H3,(H,24,26). The molecule has 0 aromatic heterocycles. The molecule has 0 atom stereocenters. The van der Waals surface area contributed by atoms with E-state index in [-0.39, 0.29) is 11.8 Å². The maximum atomic E-state index is 13.4. The second-order valence-corrected chi connectivity index (χ2v) is 8.00. The molecule has 1 fully saturated rings. The molecule has 2 aromatic carbocycles. The number of rotatable bonds is 3. The third-order valence-electron chi connectivity index (χ3n) is 5.86. The molecule has 4 rings (SSSR count). The van der Waals surface area contributed by atoms with Crippen molar-refractivity contribution in [3.8, 4) is 0 Å². The molecule has 2 aliphatic rings. The number of carbonyl (C=O) groups is 2. The zero-order chi connectivity index (χ0) is 19.2. The van der Waals surface area contributed by atoms with E-state index in [4.69, 9.17) is 0 Å². The van der Waals surface area contributed by atoms with Crippen molar-refractivity contribution < 1.29 is 9.59 Å². The van der Waals surface area contributed by atoms with Gasteiger partial charge < -0.3 is 10.2 Å². The topological polar surface area (TPSA) is 49.4 Å². The normalized spacial score (nSPS) is 17.2. The molecule has 0 radical (unpaired) electrons. The Kier molecular flexibility index (Phi) is 4.29. The Labute approximate surface area is 160 Å². The number of amides is 2. The van der Waals surface area contributed by atoms with Crippen LogP contribution in [0.5, 0.6) is 0 Å². The molecule has 1 aliphatic carbocycles. The highest BCUT2D eigenvalue weighted by Crippen LogP contribution is 2.49. The van der Waals surface area contributed by atoms with Gasteiger partial charge in [0.2, 0.25) is 11.8 Å². The minimum absolute atomic E-state index is 0.0467. The summed E-state index contributed by atoms with van der Waals surface area (Å²) in [7, 11) is 0. The van der Waals surface area contributed by atoms with Crippen molar-refractivity contribution in [3.63, 3.8) is 0 Å². The first kappa shape index (κ1) is 17.8. The Bertz CT molecular complexity index is 905. The molecule has 1 saturated carbocycles. The van der Waals surface area contributed by atoms with Crippen LogP contribution in [-0.4, -0.2) is 18.4 Å². The van der Waals surface area contributed by atoms with Crippen LogP contribution in [0.2, 0.25) is 0 Å². The number of benzene rings is 2. The van der Waals surface area contributed by atoms with Crippen LogP contribution in [0.3, 0.4) is 0 Å². The van der Waals surface area contributed by atoms with Gasteiger partial charge >= 0.3 is 0 Å². The van der Waals surface area contributed by atoms with Crippen LogP contribution < -0.4 is 10.2 Å². The molecule has 4 nitrogen and oxygen atoms in total. The van der Waals surface area contributed by atoms with Gasteiger partial charge in [0.1, 0.15) is 5.41 Å². The fraction of sp³-hybridized carbons (Fsp3) is 0.391. The lowest BCUT2D eigenvalue weighted by atomic mass is 9.97. The zero-order valence-electron chi connectivity index (χ0n) is 16.3. The molecule has 2 aromatic rings. The monoisotopic (exact) mass is 362 g/mol. The second kappa shape index (κ2) is 6.52. The predicted octanol–water partition coefficient (Wildman–Crippen LogP) is 4.31. The number of hydrogen-bond acceptors (Lipinski definition) is 2. The largest absolute Gasteiger partial charge is 0.325 e. The summed E-state index contributed by atoms with van der Waals surface area (Å²) < 4.78 is 0. The van der Waals surface area contributed by atoms with Crippen molar-refractivity contribution in [2.24, 2.45) is 5.41 Å². The Morgan fingerprint density at radius 3 is 2.37 bits per heavy atom. The molecule has 2 amide bonds. The van der Waals surface area contributed by atoms with Crippen molar-refractivity contribution in [2.45, 2.75) is 46.5 Å². The Morgan fingerprint density at radius 2 is 1.70 bits per heavy atom.